The van der Waals surface area contributed by atoms with Gasteiger partial charge in [-0.05, 0) is 44.2 Å². The lowest BCUT2D eigenvalue weighted by atomic mass is 9.99. The van der Waals surface area contributed by atoms with E-state index in [1.54, 1.807) is 26.2 Å². The maximum atomic E-state index is 12.5. The molecule has 0 N–H and O–H groups in total. The molecule has 1 aromatic rings. The maximum Gasteiger partial charge on any atom is 0.342 e. The van der Waals surface area contributed by atoms with Crippen molar-refractivity contribution < 1.29 is 19.0 Å². The number of allylic oxidation sites excluding steroid dienone is 1. The van der Waals surface area contributed by atoms with E-state index in [-0.39, 0.29) is 6.10 Å². The Bertz CT molecular complexity index is 563. The molecule has 1 atom stereocenters. The van der Waals surface area contributed by atoms with Crippen LogP contribution >= 0.6 is 0 Å². The molecule has 0 radical (unpaired) electrons. The van der Waals surface area contributed by atoms with Crippen LogP contribution in [0.4, 0.5) is 0 Å². The van der Waals surface area contributed by atoms with Crippen LogP contribution in [0, 0.1) is 0 Å². The van der Waals surface area contributed by atoms with Gasteiger partial charge in [-0.1, -0.05) is 25.2 Å². The third kappa shape index (κ3) is 5.76. The predicted molar refractivity (Wildman–Crippen MR) is 97.0 cm³/mol. The van der Waals surface area contributed by atoms with E-state index in [0.717, 1.165) is 37.7 Å². The van der Waals surface area contributed by atoms with Gasteiger partial charge in [-0.2, -0.15) is 0 Å². The lowest BCUT2D eigenvalue weighted by Crippen LogP contribution is -2.16. The number of carbonyl (C=O) groups excluding carboxylic acids is 1. The molecule has 0 aliphatic rings. The molecule has 0 aliphatic heterocycles. The Hall–Kier alpha value is -2.23. The van der Waals surface area contributed by atoms with Crippen molar-refractivity contribution in [2.24, 2.45) is 0 Å². The Morgan fingerprint density at radius 3 is 2.50 bits per heavy atom. The van der Waals surface area contributed by atoms with Crippen LogP contribution in [-0.4, -0.2) is 26.3 Å². The maximum absolute atomic E-state index is 12.5. The molecule has 0 aliphatic carbocycles. The highest BCUT2D eigenvalue weighted by molar-refractivity contribution is 5.94. The van der Waals surface area contributed by atoms with E-state index in [1.807, 2.05) is 12.1 Å². The predicted octanol–water partition coefficient (Wildman–Crippen LogP) is 4.72. The average Bonchev–Trinajstić information content (AvgIpc) is 2.60. The summed E-state index contributed by atoms with van der Waals surface area (Å²) in [5, 5.41) is 0. The van der Waals surface area contributed by atoms with E-state index in [2.05, 4.69) is 13.2 Å². The molecule has 0 bridgehead atoms. The summed E-state index contributed by atoms with van der Waals surface area (Å²) < 4.78 is 16.1. The fourth-order valence-electron chi connectivity index (χ4n) is 2.41. The first-order chi connectivity index (χ1) is 11.6. The highest BCUT2D eigenvalue weighted by atomic mass is 16.5. The first-order valence-corrected chi connectivity index (χ1v) is 8.26. The number of aryl methyl sites for hydroxylation is 1. The third-order valence-electron chi connectivity index (χ3n) is 3.80. The summed E-state index contributed by atoms with van der Waals surface area (Å²) in [6.45, 7) is 9.15. The first-order valence-electron chi connectivity index (χ1n) is 8.26. The molecule has 24 heavy (non-hydrogen) atoms. The van der Waals surface area contributed by atoms with Gasteiger partial charge in [0.15, 0.2) is 0 Å². The van der Waals surface area contributed by atoms with Crippen molar-refractivity contribution >= 4 is 5.97 Å². The topological polar surface area (TPSA) is 44.8 Å². The zero-order valence-corrected chi connectivity index (χ0v) is 15.0. The van der Waals surface area contributed by atoms with Crippen molar-refractivity contribution in [3.8, 4) is 11.5 Å². The van der Waals surface area contributed by atoms with Gasteiger partial charge in [-0.15, -0.1) is 6.58 Å². The Labute approximate surface area is 145 Å². The monoisotopic (exact) mass is 332 g/mol. The van der Waals surface area contributed by atoms with E-state index < -0.39 is 5.97 Å². The summed E-state index contributed by atoms with van der Waals surface area (Å²) in [4.78, 5) is 12.5. The minimum atomic E-state index is -0.400. The molecule has 0 aromatic heterocycles. The minimum absolute atomic E-state index is 0.357. The highest BCUT2D eigenvalue weighted by Gasteiger charge is 2.21. The summed E-state index contributed by atoms with van der Waals surface area (Å²) >= 11 is 0. The number of hydrogen-bond acceptors (Lipinski definition) is 4. The Morgan fingerprint density at radius 1 is 1.17 bits per heavy atom. The Morgan fingerprint density at radius 2 is 1.92 bits per heavy atom. The second-order valence-corrected chi connectivity index (χ2v) is 5.60. The number of methoxy groups -OCH3 is 2. The summed E-state index contributed by atoms with van der Waals surface area (Å²) in [7, 11) is 3.14. The van der Waals surface area contributed by atoms with Gasteiger partial charge >= 0.3 is 5.97 Å². The van der Waals surface area contributed by atoms with E-state index in [9.17, 15) is 4.79 Å². The molecule has 0 saturated carbocycles. The molecular formula is C20H28O4. The third-order valence-corrected chi connectivity index (χ3v) is 3.80. The fraction of sp³-hybridized carbons (Fsp3) is 0.450. The zero-order chi connectivity index (χ0) is 17.9. The van der Waals surface area contributed by atoms with Gasteiger partial charge in [0.2, 0.25) is 0 Å². The normalized spacial score (nSPS) is 11.5. The van der Waals surface area contributed by atoms with Crippen LogP contribution in [0.25, 0.3) is 0 Å². The minimum Gasteiger partial charge on any atom is -0.497 e. The molecular weight excluding hydrogens is 304 g/mol. The number of ether oxygens (including phenoxy) is 3. The molecule has 0 heterocycles. The standard InChI is InChI=1S/C20H28O4/c1-6-8-9-10-11-12-16-13-17(22-4)14-18(23-5)19(16)20(21)24-15(3)7-2/h6-7,13-15H,1-2,8-12H2,3-5H3/t15-/m1/s1. The largest absolute Gasteiger partial charge is 0.497 e. The van der Waals surface area contributed by atoms with Crippen LogP contribution in [-0.2, 0) is 11.2 Å². The molecule has 132 valence electrons. The highest BCUT2D eigenvalue weighted by Crippen LogP contribution is 2.31. The molecule has 0 fully saturated rings. The van der Waals surface area contributed by atoms with Crippen LogP contribution < -0.4 is 9.47 Å². The van der Waals surface area contributed by atoms with Crippen molar-refractivity contribution in [2.45, 2.75) is 45.1 Å². The summed E-state index contributed by atoms with van der Waals surface area (Å²) in [5.74, 6) is 0.737. The molecule has 0 spiro atoms. The lowest BCUT2D eigenvalue weighted by molar-refractivity contribution is 0.0420. The van der Waals surface area contributed by atoms with Crippen LogP contribution in [0.15, 0.2) is 37.4 Å². The van der Waals surface area contributed by atoms with E-state index >= 15 is 0 Å². The molecule has 4 nitrogen and oxygen atoms in total. The van der Waals surface area contributed by atoms with E-state index in [4.69, 9.17) is 14.2 Å². The number of unbranched alkanes of at least 4 members (excludes halogenated alkanes) is 3. The van der Waals surface area contributed by atoms with Crippen molar-refractivity contribution in [3.05, 3.63) is 48.6 Å². The molecule has 1 aromatic carbocycles. The number of benzene rings is 1. The Balaban J connectivity index is 3.04. The van der Waals surface area contributed by atoms with Crippen molar-refractivity contribution in [3.63, 3.8) is 0 Å². The van der Waals surface area contributed by atoms with Gasteiger partial charge < -0.3 is 14.2 Å². The average molecular weight is 332 g/mol. The summed E-state index contributed by atoms with van der Waals surface area (Å²) in [6, 6.07) is 3.58. The second kappa shape index (κ2) is 10.5. The number of rotatable bonds is 11. The van der Waals surface area contributed by atoms with Crippen LogP contribution in [0.5, 0.6) is 11.5 Å². The molecule has 0 saturated heterocycles. The number of hydrogen-bond donors (Lipinski definition) is 0. The molecule has 0 amide bonds. The first kappa shape index (κ1) is 19.8. The van der Waals surface area contributed by atoms with Crippen LogP contribution in [0.3, 0.4) is 0 Å². The zero-order valence-electron chi connectivity index (χ0n) is 15.0. The summed E-state index contributed by atoms with van der Waals surface area (Å²) in [5.41, 5.74) is 1.35. The Kier molecular flexibility index (Phi) is 8.69. The van der Waals surface area contributed by atoms with Gasteiger partial charge in [0.05, 0.1) is 14.2 Å². The number of esters is 1. The summed E-state index contributed by atoms with van der Waals surface area (Å²) in [6.07, 6.45) is 8.06. The van der Waals surface area contributed by atoms with E-state index in [1.165, 1.54) is 7.11 Å². The fourth-order valence-corrected chi connectivity index (χ4v) is 2.41. The molecule has 1 rings (SSSR count). The lowest BCUT2D eigenvalue weighted by Gasteiger charge is -2.17. The smallest absolute Gasteiger partial charge is 0.342 e. The van der Waals surface area contributed by atoms with Gasteiger partial charge in [0.25, 0.3) is 0 Å². The van der Waals surface area contributed by atoms with Crippen molar-refractivity contribution in [1.29, 1.82) is 0 Å². The molecule has 0 unspecified atom stereocenters. The van der Waals surface area contributed by atoms with Crippen molar-refractivity contribution in [2.75, 3.05) is 14.2 Å². The second-order valence-electron chi connectivity index (χ2n) is 5.60. The van der Waals surface area contributed by atoms with Crippen LogP contribution in [0.1, 0.15) is 48.5 Å². The van der Waals surface area contributed by atoms with Crippen molar-refractivity contribution in [1.82, 2.24) is 0 Å². The SMILES string of the molecule is C=CCCCCCc1cc(OC)cc(OC)c1C(=O)O[C@H](C)C=C. The van der Waals surface area contributed by atoms with Crippen LogP contribution in [0.2, 0.25) is 0 Å². The number of carbonyl (C=O) groups is 1. The van der Waals surface area contributed by atoms with E-state index in [0.29, 0.717) is 17.1 Å². The van der Waals surface area contributed by atoms with Gasteiger partial charge in [-0.3, -0.25) is 0 Å². The van der Waals surface area contributed by atoms with Gasteiger partial charge in [0.1, 0.15) is 23.2 Å². The van der Waals surface area contributed by atoms with Gasteiger partial charge in [0, 0.05) is 6.07 Å². The molecule has 4 heteroatoms. The van der Waals surface area contributed by atoms with Gasteiger partial charge in [-0.25, -0.2) is 4.79 Å². The quantitative estimate of drug-likeness (QED) is 0.334.